The van der Waals surface area contributed by atoms with Crippen LogP contribution in [0.2, 0.25) is 0 Å². The lowest BCUT2D eigenvalue weighted by atomic mass is 10.2. The van der Waals surface area contributed by atoms with Crippen LogP contribution < -0.4 is 5.32 Å². The fourth-order valence-electron chi connectivity index (χ4n) is 1.70. The Hall–Kier alpha value is -0.840. The Morgan fingerprint density at radius 1 is 1.24 bits per heavy atom. The summed E-state index contributed by atoms with van der Waals surface area (Å²) in [6.45, 7) is 3.46. The van der Waals surface area contributed by atoms with Crippen molar-refractivity contribution in [2.24, 2.45) is 0 Å². The van der Waals surface area contributed by atoms with Gasteiger partial charge in [-0.15, -0.1) is 24.8 Å². The van der Waals surface area contributed by atoms with Crippen molar-refractivity contribution in [1.29, 1.82) is 0 Å². The molecule has 6 heteroatoms. The summed E-state index contributed by atoms with van der Waals surface area (Å²) in [4.78, 5) is 17.7. The van der Waals surface area contributed by atoms with Crippen molar-refractivity contribution >= 4 is 30.7 Å². The van der Waals surface area contributed by atoms with E-state index in [0.717, 1.165) is 31.7 Å². The third-order valence-corrected chi connectivity index (χ3v) is 2.57. The highest BCUT2D eigenvalue weighted by atomic mass is 35.5. The highest BCUT2D eigenvalue weighted by molar-refractivity contribution is 5.85. The second kappa shape index (κ2) is 8.28. The fraction of sp³-hybridized carbons (Fsp3) is 0.455. The molecule has 2 heterocycles. The molecule has 0 saturated carbocycles. The van der Waals surface area contributed by atoms with Crippen molar-refractivity contribution < 1.29 is 4.79 Å². The smallest absolute Gasteiger partial charge is 0.227 e. The Morgan fingerprint density at radius 2 is 1.82 bits per heavy atom. The molecule has 1 aliphatic rings. The van der Waals surface area contributed by atoms with Gasteiger partial charge in [0.2, 0.25) is 5.91 Å². The Labute approximate surface area is 114 Å². The van der Waals surface area contributed by atoms with E-state index in [4.69, 9.17) is 0 Å². The number of nitrogens with one attached hydrogen (secondary N) is 1. The van der Waals surface area contributed by atoms with E-state index in [1.807, 2.05) is 17.0 Å². The first-order valence-electron chi connectivity index (χ1n) is 5.23. The molecule has 0 aliphatic carbocycles. The van der Waals surface area contributed by atoms with Gasteiger partial charge in [0, 0.05) is 38.6 Å². The van der Waals surface area contributed by atoms with Crippen LogP contribution in [0.1, 0.15) is 5.56 Å². The average Bonchev–Trinajstić information content (AvgIpc) is 2.31. The SMILES string of the molecule is Cl.Cl.O=C(Cc1ccncc1)N1CCNCC1. The summed E-state index contributed by atoms with van der Waals surface area (Å²) in [6.07, 6.45) is 3.93. The summed E-state index contributed by atoms with van der Waals surface area (Å²) in [5.41, 5.74) is 1.04. The molecular weight excluding hydrogens is 261 g/mol. The minimum atomic E-state index is 0. The molecule has 0 aromatic carbocycles. The lowest BCUT2D eigenvalue weighted by Crippen LogP contribution is -2.46. The molecule has 1 amide bonds. The third-order valence-electron chi connectivity index (χ3n) is 2.57. The van der Waals surface area contributed by atoms with E-state index in [0.29, 0.717) is 6.42 Å². The van der Waals surface area contributed by atoms with Crippen LogP contribution in [0, 0.1) is 0 Å². The third kappa shape index (κ3) is 4.89. The first-order valence-corrected chi connectivity index (χ1v) is 5.23. The number of halogens is 2. The van der Waals surface area contributed by atoms with Crippen molar-refractivity contribution in [3.63, 3.8) is 0 Å². The van der Waals surface area contributed by atoms with Gasteiger partial charge in [-0.1, -0.05) is 0 Å². The van der Waals surface area contributed by atoms with Crippen LogP contribution >= 0.6 is 24.8 Å². The molecule has 4 nitrogen and oxygen atoms in total. The van der Waals surface area contributed by atoms with E-state index in [1.165, 1.54) is 0 Å². The number of hydrogen-bond donors (Lipinski definition) is 1. The number of carbonyl (C=O) groups excluding carboxylic acids is 1. The highest BCUT2D eigenvalue weighted by Crippen LogP contribution is 2.02. The molecule has 17 heavy (non-hydrogen) atoms. The minimum absolute atomic E-state index is 0. The zero-order valence-electron chi connectivity index (χ0n) is 9.46. The van der Waals surface area contributed by atoms with E-state index >= 15 is 0 Å². The summed E-state index contributed by atoms with van der Waals surface area (Å²) < 4.78 is 0. The molecular formula is C11H17Cl2N3O. The quantitative estimate of drug-likeness (QED) is 0.874. The minimum Gasteiger partial charge on any atom is -0.340 e. The molecule has 1 aromatic heterocycles. The van der Waals surface area contributed by atoms with Gasteiger partial charge in [-0.3, -0.25) is 9.78 Å². The molecule has 0 spiro atoms. The van der Waals surface area contributed by atoms with Crippen LogP contribution in [0.15, 0.2) is 24.5 Å². The maximum absolute atomic E-state index is 11.8. The molecule has 0 radical (unpaired) electrons. The first-order chi connectivity index (χ1) is 7.36. The summed E-state index contributed by atoms with van der Waals surface area (Å²) >= 11 is 0. The van der Waals surface area contributed by atoms with E-state index in [2.05, 4.69) is 10.3 Å². The van der Waals surface area contributed by atoms with Gasteiger partial charge in [-0.2, -0.15) is 0 Å². The van der Waals surface area contributed by atoms with E-state index in [1.54, 1.807) is 12.4 Å². The number of piperazine rings is 1. The lowest BCUT2D eigenvalue weighted by molar-refractivity contribution is -0.131. The molecule has 1 saturated heterocycles. The summed E-state index contributed by atoms with van der Waals surface area (Å²) in [5, 5.41) is 3.23. The van der Waals surface area contributed by atoms with Crippen LogP contribution in [0.5, 0.6) is 0 Å². The van der Waals surface area contributed by atoms with Crippen LogP contribution in [-0.2, 0) is 11.2 Å². The number of rotatable bonds is 2. The van der Waals surface area contributed by atoms with E-state index in [-0.39, 0.29) is 30.7 Å². The Bertz CT molecular complexity index is 329. The van der Waals surface area contributed by atoms with Crippen molar-refractivity contribution in [3.8, 4) is 0 Å². The van der Waals surface area contributed by atoms with Gasteiger partial charge in [0.15, 0.2) is 0 Å². The van der Waals surface area contributed by atoms with Crippen molar-refractivity contribution in [2.45, 2.75) is 6.42 Å². The molecule has 1 aliphatic heterocycles. The Kier molecular flexibility index (Phi) is 7.87. The number of nitrogens with zero attached hydrogens (tertiary/aromatic N) is 2. The number of amides is 1. The second-order valence-corrected chi connectivity index (χ2v) is 3.66. The molecule has 96 valence electrons. The number of carbonyl (C=O) groups is 1. The largest absolute Gasteiger partial charge is 0.340 e. The van der Waals surface area contributed by atoms with E-state index < -0.39 is 0 Å². The maximum Gasteiger partial charge on any atom is 0.227 e. The average molecular weight is 278 g/mol. The molecule has 0 unspecified atom stereocenters. The molecule has 0 bridgehead atoms. The standard InChI is InChI=1S/C11H15N3O.2ClH/c15-11(14-7-5-13-6-8-14)9-10-1-3-12-4-2-10;;/h1-4,13H,5-9H2;2*1H. The van der Waals surface area contributed by atoms with Crippen LogP contribution in [0.3, 0.4) is 0 Å². The number of aromatic nitrogens is 1. The van der Waals surface area contributed by atoms with Gasteiger partial charge in [0.05, 0.1) is 6.42 Å². The molecule has 0 atom stereocenters. The monoisotopic (exact) mass is 277 g/mol. The molecule has 1 N–H and O–H groups in total. The van der Waals surface area contributed by atoms with Gasteiger partial charge in [-0.05, 0) is 17.7 Å². The maximum atomic E-state index is 11.8. The predicted octanol–water partition coefficient (Wildman–Crippen LogP) is 0.899. The van der Waals surface area contributed by atoms with Crippen molar-refractivity contribution in [2.75, 3.05) is 26.2 Å². The topological polar surface area (TPSA) is 45.2 Å². The van der Waals surface area contributed by atoms with Gasteiger partial charge >= 0.3 is 0 Å². The Morgan fingerprint density at radius 3 is 2.41 bits per heavy atom. The highest BCUT2D eigenvalue weighted by Gasteiger charge is 2.15. The van der Waals surface area contributed by atoms with Crippen molar-refractivity contribution in [3.05, 3.63) is 30.1 Å². The number of hydrogen-bond acceptors (Lipinski definition) is 3. The summed E-state index contributed by atoms with van der Waals surface area (Å²) in [7, 11) is 0. The lowest BCUT2D eigenvalue weighted by Gasteiger charge is -2.27. The van der Waals surface area contributed by atoms with Gasteiger partial charge in [0.25, 0.3) is 0 Å². The zero-order chi connectivity index (χ0) is 10.5. The summed E-state index contributed by atoms with van der Waals surface area (Å²) in [6, 6.07) is 3.78. The predicted molar refractivity (Wildman–Crippen MR) is 71.9 cm³/mol. The fourth-order valence-corrected chi connectivity index (χ4v) is 1.70. The van der Waals surface area contributed by atoms with Gasteiger partial charge in [-0.25, -0.2) is 0 Å². The summed E-state index contributed by atoms with van der Waals surface area (Å²) in [5.74, 6) is 0.211. The van der Waals surface area contributed by atoms with E-state index in [9.17, 15) is 4.79 Å². The molecule has 1 aromatic rings. The van der Waals surface area contributed by atoms with Crippen LogP contribution in [0.4, 0.5) is 0 Å². The van der Waals surface area contributed by atoms with Crippen molar-refractivity contribution in [1.82, 2.24) is 15.2 Å². The Balaban J connectivity index is 0.00000128. The normalized spacial score (nSPS) is 14.5. The second-order valence-electron chi connectivity index (χ2n) is 3.66. The van der Waals surface area contributed by atoms with Crippen LogP contribution in [-0.4, -0.2) is 42.0 Å². The van der Waals surface area contributed by atoms with Crippen LogP contribution in [0.25, 0.3) is 0 Å². The zero-order valence-corrected chi connectivity index (χ0v) is 11.1. The molecule has 1 fully saturated rings. The molecule has 2 rings (SSSR count). The van der Waals surface area contributed by atoms with Gasteiger partial charge < -0.3 is 10.2 Å². The first kappa shape index (κ1) is 16.2. The number of pyridine rings is 1. The van der Waals surface area contributed by atoms with Gasteiger partial charge in [0.1, 0.15) is 0 Å².